The predicted molar refractivity (Wildman–Crippen MR) is 113 cm³/mol. The molecule has 1 heterocycles. The van der Waals surface area contributed by atoms with Gasteiger partial charge in [-0.2, -0.15) is 0 Å². The fraction of sp³-hybridized carbons (Fsp3) is 0.708. The maximum Gasteiger partial charge on any atom is 0.234 e. The molecule has 4 aliphatic carbocycles. The maximum atomic E-state index is 12.7. The van der Waals surface area contributed by atoms with E-state index in [1.807, 2.05) is 0 Å². The summed E-state index contributed by atoms with van der Waals surface area (Å²) in [4.78, 5) is 17.4. The molecule has 1 aromatic rings. The number of carbonyl (C=O) groups excluding carboxylic acids is 1. The topological polar surface area (TPSA) is 35.6 Å². The lowest BCUT2D eigenvalue weighted by atomic mass is 9.58. The largest absolute Gasteiger partial charge is 0.369 e. The first-order chi connectivity index (χ1) is 13.7. The highest BCUT2D eigenvalue weighted by Gasteiger charge is 2.48. The fourth-order valence-electron chi connectivity index (χ4n) is 6.94. The number of anilines is 1. The summed E-state index contributed by atoms with van der Waals surface area (Å²) < 4.78 is 0. The second-order valence-corrected chi connectivity index (χ2v) is 10.1. The minimum absolute atomic E-state index is 0.238. The second kappa shape index (κ2) is 7.70. The molecule has 4 nitrogen and oxygen atoms in total. The minimum atomic E-state index is 0.238. The number of fused-ring (bicyclic) bond motifs is 1. The number of benzene rings is 1. The van der Waals surface area contributed by atoms with Crippen LogP contribution >= 0.6 is 0 Å². The van der Waals surface area contributed by atoms with E-state index in [-0.39, 0.29) is 5.91 Å². The van der Waals surface area contributed by atoms with Crippen LogP contribution in [0.3, 0.4) is 0 Å². The van der Waals surface area contributed by atoms with Crippen molar-refractivity contribution in [1.82, 2.24) is 10.2 Å². The average Bonchev–Trinajstić information content (AvgIpc) is 2.93. The normalized spacial score (nSPS) is 35.0. The zero-order chi connectivity index (χ0) is 19.0. The van der Waals surface area contributed by atoms with E-state index >= 15 is 0 Å². The van der Waals surface area contributed by atoms with Crippen LogP contribution in [0, 0.1) is 23.2 Å². The molecule has 1 amide bonds. The van der Waals surface area contributed by atoms with Crippen LogP contribution in [0.25, 0.3) is 0 Å². The quantitative estimate of drug-likeness (QED) is 0.847. The summed E-state index contributed by atoms with van der Waals surface area (Å²) in [6.07, 6.45) is 9.95. The number of piperazine rings is 1. The van der Waals surface area contributed by atoms with Crippen LogP contribution in [0.1, 0.15) is 44.9 Å². The van der Waals surface area contributed by atoms with Crippen molar-refractivity contribution in [3.63, 3.8) is 0 Å². The number of rotatable bonds is 5. The monoisotopic (exact) mass is 381 g/mol. The van der Waals surface area contributed by atoms with E-state index in [4.69, 9.17) is 0 Å². The smallest absolute Gasteiger partial charge is 0.234 e. The zero-order valence-electron chi connectivity index (χ0n) is 17.1. The van der Waals surface area contributed by atoms with Crippen molar-refractivity contribution in [2.24, 2.45) is 23.2 Å². The Morgan fingerprint density at radius 3 is 2.25 bits per heavy atom. The molecule has 1 saturated heterocycles. The van der Waals surface area contributed by atoms with Crippen molar-refractivity contribution in [3.05, 3.63) is 30.3 Å². The van der Waals surface area contributed by atoms with Crippen LogP contribution in [0.2, 0.25) is 0 Å². The summed E-state index contributed by atoms with van der Waals surface area (Å²) in [5, 5.41) is 3.36. The number of para-hydroxylation sites is 1. The number of nitrogens with one attached hydrogen (secondary N) is 1. The van der Waals surface area contributed by atoms with Gasteiger partial charge in [-0.1, -0.05) is 31.0 Å². The highest BCUT2D eigenvalue weighted by molar-refractivity contribution is 5.78. The van der Waals surface area contributed by atoms with Gasteiger partial charge in [0.2, 0.25) is 5.91 Å². The van der Waals surface area contributed by atoms with E-state index in [1.54, 1.807) is 0 Å². The molecule has 5 fully saturated rings. The van der Waals surface area contributed by atoms with E-state index in [2.05, 4.69) is 45.4 Å². The lowest BCUT2D eigenvalue weighted by Gasteiger charge is -2.48. The molecule has 0 aromatic heterocycles. The highest BCUT2D eigenvalue weighted by Crippen LogP contribution is 2.57. The zero-order valence-corrected chi connectivity index (χ0v) is 17.1. The van der Waals surface area contributed by atoms with Crippen molar-refractivity contribution < 1.29 is 4.79 Å². The Kier molecular flexibility index (Phi) is 5.08. The van der Waals surface area contributed by atoms with Gasteiger partial charge in [0.25, 0.3) is 0 Å². The predicted octanol–water partition coefficient (Wildman–Crippen LogP) is 3.53. The number of nitrogens with zero attached hydrogens (tertiary/aromatic N) is 2. The van der Waals surface area contributed by atoms with Crippen LogP contribution in [0.15, 0.2) is 30.3 Å². The van der Waals surface area contributed by atoms with Gasteiger partial charge in [-0.25, -0.2) is 0 Å². The molecule has 1 N–H and O–H groups in total. The summed E-state index contributed by atoms with van der Waals surface area (Å²) in [6, 6.07) is 10.6. The fourth-order valence-corrected chi connectivity index (χ4v) is 6.94. The van der Waals surface area contributed by atoms with Gasteiger partial charge in [0.1, 0.15) is 0 Å². The first kappa shape index (κ1) is 18.5. The Labute approximate surface area is 169 Å². The van der Waals surface area contributed by atoms with Crippen molar-refractivity contribution >= 4 is 11.6 Å². The Morgan fingerprint density at radius 1 is 0.929 bits per heavy atom. The molecule has 2 atom stereocenters. The Morgan fingerprint density at radius 2 is 1.57 bits per heavy atom. The molecule has 6 rings (SSSR count). The third-order valence-electron chi connectivity index (χ3n) is 8.00. The molecule has 1 aromatic carbocycles. The van der Waals surface area contributed by atoms with Gasteiger partial charge in [0.15, 0.2) is 0 Å². The molecule has 1 aliphatic heterocycles. The standard InChI is InChI=1S/C24H35N3O/c28-23(17-26-8-10-27(11-9-26)22-4-2-1-3-5-22)25-18-24-14-19-6-7-20(15-24)13-21(12-19)16-24/h1-5,19-21H,6-18H2,(H,25,28). The summed E-state index contributed by atoms with van der Waals surface area (Å²) in [6.45, 7) is 5.45. The van der Waals surface area contributed by atoms with Crippen molar-refractivity contribution in [2.45, 2.75) is 44.9 Å². The molecule has 4 heteroatoms. The van der Waals surface area contributed by atoms with Crippen LogP contribution in [-0.4, -0.2) is 50.1 Å². The first-order valence-corrected chi connectivity index (χ1v) is 11.5. The second-order valence-electron chi connectivity index (χ2n) is 10.1. The molecular weight excluding hydrogens is 346 g/mol. The molecule has 2 unspecified atom stereocenters. The van der Waals surface area contributed by atoms with Crippen LogP contribution < -0.4 is 10.2 Å². The molecule has 4 bridgehead atoms. The summed E-state index contributed by atoms with van der Waals surface area (Å²) in [5.74, 6) is 3.06. The molecule has 28 heavy (non-hydrogen) atoms. The Hall–Kier alpha value is -1.55. The first-order valence-electron chi connectivity index (χ1n) is 11.5. The highest BCUT2D eigenvalue weighted by atomic mass is 16.2. The molecule has 152 valence electrons. The summed E-state index contributed by atoms with van der Waals surface area (Å²) in [5.41, 5.74) is 1.72. The Balaban J connectivity index is 1.10. The van der Waals surface area contributed by atoms with Crippen molar-refractivity contribution in [3.8, 4) is 0 Å². The lowest BCUT2D eigenvalue weighted by molar-refractivity contribution is -0.123. The van der Waals surface area contributed by atoms with Crippen molar-refractivity contribution in [2.75, 3.05) is 44.2 Å². The van der Waals surface area contributed by atoms with Crippen LogP contribution in [0.4, 0.5) is 5.69 Å². The molecule has 0 spiro atoms. The van der Waals surface area contributed by atoms with Gasteiger partial charge in [-0.3, -0.25) is 9.69 Å². The van der Waals surface area contributed by atoms with Crippen molar-refractivity contribution in [1.29, 1.82) is 0 Å². The van der Waals surface area contributed by atoms with E-state index < -0.39 is 0 Å². The maximum absolute atomic E-state index is 12.7. The molecular formula is C24H35N3O. The number of hydrogen-bond donors (Lipinski definition) is 1. The van der Waals surface area contributed by atoms with Crippen LogP contribution in [-0.2, 0) is 4.79 Å². The van der Waals surface area contributed by atoms with E-state index in [0.717, 1.165) is 50.5 Å². The van der Waals surface area contributed by atoms with E-state index in [9.17, 15) is 4.79 Å². The van der Waals surface area contributed by atoms with Crippen LogP contribution in [0.5, 0.6) is 0 Å². The third-order valence-corrected chi connectivity index (χ3v) is 8.00. The summed E-state index contributed by atoms with van der Waals surface area (Å²) in [7, 11) is 0. The van der Waals surface area contributed by atoms with Gasteiger partial charge in [-0.15, -0.1) is 0 Å². The molecule has 0 radical (unpaired) electrons. The minimum Gasteiger partial charge on any atom is -0.369 e. The Bertz CT molecular complexity index is 666. The third kappa shape index (κ3) is 3.94. The molecule has 5 aliphatic rings. The van der Waals surface area contributed by atoms with Gasteiger partial charge >= 0.3 is 0 Å². The van der Waals surface area contributed by atoms with E-state index in [1.165, 1.54) is 50.6 Å². The number of hydrogen-bond acceptors (Lipinski definition) is 3. The lowest BCUT2D eigenvalue weighted by Crippen LogP contribution is -2.51. The van der Waals surface area contributed by atoms with Gasteiger partial charge in [-0.05, 0) is 67.4 Å². The van der Waals surface area contributed by atoms with Gasteiger partial charge in [0.05, 0.1) is 6.54 Å². The average molecular weight is 382 g/mol. The number of amides is 1. The van der Waals surface area contributed by atoms with E-state index in [0.29, 0.717) is 12.0 Å². The summed E-state index contributed by atoms with van der Waals surface area (Å²) >= 11 is 0. The van der Waals surface area contributed by atoms with Gasteiger partial charge < -0.3 is 10.2 Å². The van der Waals surface area contributed by atoms with Gasteiger partial charge in [0, 0.05) is 38.4 Å². The SMILES string of the molecule is O=C(CN1CCN(c2ccccc2)CC1)NCC12CC3CCC(CC(C3)C1)C2. The number of carbonyl (C=O) groups is 1. The molecule has 4 saturated carbocycles.